The summed E-state index contributed by atoms with van der Waals surface area (Å²) in [4.78, 5) is 15.6. The third-order valence-corrected chi connectivity index (χ3v) is 8.73. The summed E-state index contributed by atoms with van der Waals surface area (Å²) in [5.74, 6) is -0.708. The van der Waals surface area contributed by atoms with Crippen molar-refractivity contribution in [3.05, 3.63) is 40.7 Å². The normalized spacial score (nSPS) is 21.2. The second kappa shape index (κ2) is 7.77. The lowest BCUT2D eigenvalue weighted by Crippen LogP contribution is -2.42. The van der Waals surface area contributed by atoms with Crippen molar-refractivity contribution in [1.29, 1.82) is 5.26 Å². The van der Waals surface area contributed by atoms with Crippen molar-refractivity contribution in [2.24, 2.45) is 0 Å². The van der Waals surface area contributed by atoms with Gasteiger partial charge >= 0.3 is 0 Å². The standard InChI is InChI=1S/C25H21F2N7OS/c26-16-8-30-21(18-12(6-28)23(29)36-22(16)18)17-15-10-35-9-14(15)13-7-31-24(33-20(13)19(17)27)34-5-3-25(11-34)2-1-4-32-25/h7-8,32H,1-5,9-11,29H2. The van der Waals surface area contributed by atoms with Crippen LogP contribution in [-0.4, -0.2) is 40.1 Å². The fourth-order valence-electron chi connectivity index (χ4n) is 5.95. The molecule has 36 heavy (non-hydrogen) atoms. The summed E-state index contributed by atoms with van der Waals surface area (Å²) in [6, 6.07) is 2.04. The molecule has 8 nitrogen and oxygen atoms in total. The Hall–Kier alpha value is -3.46. The Balaban J connectivity index is 1.45. The molecule has 3 aromatic heterocycles. The number of fused-ring (bicyclic) bond motifs is 4. The van der Waals surface area contributed by atoms with Gasteiger partial charge < -0.3 is 20.7 Å². The van der Waals surface area contributed by atoms with E-state index in [-0.39, 0.29) is 56.2 Å². The summed E-state index contributed by atoms with van der Waals surface area (Å²) in [5.41, 5.74) is 8.09. The van der Waals surface area contributed by atoms with Crippen LogP contribution in [0.2, 0.25) is 0 Å². The molecular weight excluding hydrogens is 484 g/mol. The van der Waals surface area contributed by atoms with Crippen LogP contribution in [0.4, 0.5) is 19.7 Å². The van der Waals surface area contributed by atoms with Crippen molar-refractivity contribution in [2.45, 2.75) is 38.0 Å². The van der Waals surface area contributed by atoms with Gasteiger partial charge in [-0.25, -0.2) is 18.7 Å². The molecule has 6 heterocycles. The first-order valence-electron chi connectivity index (χ1n) is 11.8. The molecular formula is C25H21F2N7OS. The minimum Gasteiger partial charge on any atom is -0.389 e. The number of anilines is 2. The summed E-state index contributed by atoms with van der Waals surface area (Å²) in [6.07, 6.45) is 5.96. The Morgan fingerprint density at radius 1 is 1.19 bits per heavy atom. The molecule has 2 fully saturated rings. The molecule has 1 unspecified atom stereocenters. The number of nitrogen functional groups attached to an aromatic ring is 1. The second-order valence-electron chi connectivity index (χ2n) is 9.67. The first kappa shape index (κ1) is 21.8. The number of aromatic nitrogens is 3. The van der Waals surface area contributed by atoms with E-state index in [0.29, 0.717) is 16.9 Å². The smallest absolute Gasteiger partial charge is 0.226 e. The van der Waals surface area contributed by atoms with E-state index >= 15 is 4.39 Å². The Labute approximate surface area is 208 Å². The van der Waals surface area contributed by atoms with Gasteiger partial charge in [-0.15, -0.1) is 11.3 Å². The predicted octanol–water partition coefficient (Wildman–Crippen LogP) is 4.00. The first-order valence-corrected chi connectivity index (χ1v) is 12.7. The van der Waals surface area contributed by atoms with Crippen molar-refractivity contribution in [2.75, 3.05) is 30.3 Å². The van der Waals surface area contributed by atoms with E-state index in [0.717, 1.165) is 62.0 Å². The van der Waals surface area contributed by atoms with Gasteiger partial charge in [0.2, 0.25) is 5.95 Å². The van der Waals surface area contributed by atoms with Gasteiger partial charge in [0.05, 0.1) is 35.4 Å². The maximum atomic E-state index is 16.4. The SMILES string of the molecule is N#Cc1c(N)sc2c(F)cnc(-c3c4c(c5cnc(N6CCC7(CCCN7)C6)nc5c3F)COC4)c12. The Morgan fingerprint density at radius 3 is 2.86 bits per heavy atom. The maximum absolute atomic E-state index is 16.4. The van der Waals surface area contributed by atoms with E-state index in [2.05, 4.69) is 25.2 Å². The molecule has 7 rings (SSSR count). The van der Waals surface area contributed by atoms with Gasteiger partial charge in [0.1, 0.15) is 16.6 Å². The highest BCUT2D eigenvalue weighted by atomic mass is 32.1. The number of nitrogens with two attached hydrogens (primary N) is 1. The minimum absolute atomic E-state index is 0.0734. The molecule has 182 valence electrons. The molecule has 4 aromatic rings. The van der Waals surface area contributed by atoms with Crippen LogP contribution in [0.15, 0.2) is 12.4 Å². The van der Waals surface area contributed by atoms with Gasteiger partial charge in [-0.2, -0.15) is 5.26 Å². The average molecular weight is 506 g/mol. The lowest BCUT2D eigenvalue weighted by molar-refractivity contribution is 0.135. The van der Waals surface area contributed by atoms with E-state index in [9.17, 15) is 9.65 Å². The highest BCUT2D eigenvalue weighted by molar-refractivity contribution is 7.23. The van der Waals surface area contributed by atoms with Crippen LogP contribution in [0.5, 0.6) is 0 Å². The van der Waals surface area contributed by atoms with Gasteiger partial charge in [0.15, 0.2) is 11.6 Å². The number of hydrogen-bond donors (Lipinski definition) is 2. The zero-order valence-electron chi connectivity index (χ0n) is 19.2. The lowest BCUT2D eigenvalue weighted by atomic mass is 9.94. The summed E-state index contributed by atoms with van der Waals surface area (Å²) < 4.78 is 36.9. The number of pyridine rings is 1. The fraction of sp³-hybridized carbons (Fsp3) is 0.360. The number of nitrogens with one attached hydrogen (secondary N) is 1. The van der Waals surface area contributed by atoms with Gasteiger partial charge in [0, 0.05) is 41.2 Å². The molecule has 1 aromatic carbocycles. The molecule has 11 heteroatoms. The quantitative estimate of drug-likeness (QED) is 0.420. The van der Waals surface area contributed by atoms with E-state index in [4.69, 9.17) is 10.5 Å². The molecule has 0 saturated carbocycles. The Bertz CT molecular complexity index is 1620. The molecule has 1 atom stereocenters. The molecule has 1 spiro atoms. The molecule has 0 amide bonds. The highest BCUT2D eigenvalue weighted by Crippen LogP contribution is 2.45. The molecule has 0 aliphatic carbocycles. The fourth-order valence-corrected chi connectivity index (χ4v) is 6.87. The molecule has 3 N–H and O–H groups in total. The molecule has 0 bridgehead atoms. The van der Waals surface area contributed by atoms with Crippen LogP contribution in [0.3, 0.4) is 0 Å². The zero-order chi connectivity index (χ0) is 24.6. The molecule has 2 saturated heterocycles. The summed E-state index contributed by atoms with van der Waals surface area (Å²) in [6.45, 7) is 3.02. The van der Waals surface area contributed by atoms with Gasteiger partial charge in [0.25, 0.3) is 0 Å². The van der Waals surface area contributed by atoms with Crippen LogP contribution in [0.25, 0.3) is 32.2 Å². The van der Waals surface area contributed by atoms with Crippen molar-refractivity contribution in [3.63, 3.8) is 0 Å². The Kier molecular flexibility index (Phi) is 4.70. The summed E-state index contributed by atoms with van der Waals surface area (Å²) >= 11 is 0.958. The molecule has 0 radical (unpaired) electrons. The topological polar surface area (TPSA) is 113 Å². The monoisotopic (exact) mass is 505 g/mol. The third kappa shape index (κ3) is 2.98. The highest BCUT2D eigenvalue weighted by Gasteiger charge is 2.41. The Morgan fingerprint density at radius 2 is 2.06 bits per heavy atom. The number of nitrogens with zero attached hydrogens (tertiary/aromatic N) is 5. The van der Waals surface area contributed by atoms with Crippen molar-refractivity contribution >= 4 is 43.3 Å². The molecule has 3 aliphatic rings. The number of rotatable bonds is 2. The second-order valence-corrected chi connectivity index (χ2v) is 10.7. The van der Waals surface area contributed by atoms with E-state index in [1.54, 1.807) is 6.20 Å². The van der Waals surface area contributed by atoms with Crippen LogP contribution >= 0.6 is 11.3 Å². The zero-order valence-corrected chi connectivity index (χ0v) is 20.0. The number of benzene rings is 1. The van der Waals surface area contributed by atoms with Crippen LogP contribution in [0, 0.1) is 23.0 Å². The number of thiophene rings is 1. The van der Waals surface area contributed by atoms with Crippen molar-refractivity contribution in [1.82, 2.24) is 20.3 Å². The molecule has 3 aliphatic heterocycles. The van der Waals surface area contributed by atoms with Crippen LogP contribution < -0.4 is 16.0 Å². The van der Waals surface area contributed by atoms with Crippen LogP contribution in [0.1, 0.15) is 36.0 Å². The average Bonchev–Trinajstić information content (AvgIpc) is 3.68. The van der Waals surface area contributed by atoms with E-state index in [1.807, 2.05) is 6.07 Å². The van der Waals surface area contributed by atoms with E-state index in [1.165, 1.54) is 0 Å². The largest absolute Gasteiger partial charge is 0.389 e. The third-order valence-electron chi connectivity index (χ3n) is 7.70. The summed E-state index contributed by atoms with van der Waals surface area (Å²) in [5, 5.41) is 14.3. The van der Waals surface area contributed by atoms with Crippen molar-refractivity contribution < 1.29 is 13.5 Å². The van der Waals surface area contributed by atoms with Gasteiger partial charge in [-0.05, 0) is 36.9 Å². The summed E-state index contributed by atoms with van der Waals surface area (Å²) in [7, 11) is 0. The van der Waals surface area contributed by atoms with Crippen molar-refractivity contribution in [3.8, 4) is 17.3 Å². The van der Waals surface area contributed by atoms with E-state index < -0.39 is 11.6 Å². The number of hydrogen-bond acceptors (Lipinski definition) is 9. The minimum atomic E-state index is -0.603. The number of nitriles is 1. The number of ether oxygens (including phenoxy) is 1. The van der Waals surface area contributed by atoms with Gasteiger partial charge in [-0.1, -0.05) is 0 Å². The van der Waals surface area contributed by atoms with Gasteiger partial charge in [-0.3, -0.25) is 4.98 Å². The first-order chi connectivity index (χ1) is 17.5. The number of halogens is 2. The maximum Gasteiger partial charge on any atom is 0.226 e. The van der Waals surface area contributed by atoms with Crippen LogP contribution in [-0.2, 0) is 18.0 Å². The lowest BCUT2D eigenvalue weighted by Gasteiger charge is -2.24. The predicted molar refractivity (Wildman–Crippen MR) is 132 cm³/mol.